The number of nitrogens with one attached hydrogen (secondary N) is 6. The zero-order valence-electron chi connectivity index (χ0n) is 84.7. The molecule has 7 amide bonds. The number of pyridine rings is 2. The van der Waals surface area contributed by atoms with E-state index in [1.54, 1.807) is 113 Å². The summed E-state index contributed by atoms with van der Waals surface area (Å²) in [6, 6.07) is 6.49. The SMILES string of the molecule is CC1(C)S[C@@H]2[C@H](NC(=O)[C@@H](NC(=O)N3CCNC3=O)c3ccccc3)C(=O)N2[C@H]1C(=O)O.CN1CCN(c2c(F)cc3c(=O)c(C(=O)O)cn(CCF)c3c2F)CC1.CNC1CCCN(c2c(F)cc3c(=O)c(C(=O)O)cn(C4CC4)c3c2OC)C1.CO[C@H]1/C=C/O[C@@]2(C)Oc3c(C)c(O)c4c(c3C2=O)C2=NC3(CCN(CC(C)C)CC3)NC2=C(NC(=O)/C(C)=C\C=C\[C@H](C)[C@H](O)[C@@H](C)[C@@H](O)[C@@H](C)[C@H](OC(C)=O)[C@@H]1C)C4=O.[NaH]. The maximum atomic E-state index is 15.2. The van der Waals surface area contributed by atoms with Crippen molar-refractivity contribution in [2.24, 2.45) is 34.6 Å². The van der Waals surface area contributed by atoms with Crippen LogP contribution in [0.25, 0.3) is 21.8 Å². The van der Waals surface area contributed by atoms with E-state index in [2.05, 4.69) is 50.6 Å². The van der Waals surface area contributed by atoms with Crippen LogP contribution < -0.4 is 62.0 Å². The molecule has 2 aromatic heterocycles. The van der Waals surface area contributed by atoms with Gasteiger partial charge >= 0.3 is 71.3 Å². The van der Waals surface area contributed by atoms with Crippen molar-refractivity contribution < 1.29 is 125 Å². The first-order valence-corrected chi connectivity index (χ1v) is 49.9. The monoisotopic (exact) mass is 2090 g/mol. The molecule has 1 saturated carbocycles. The quantitative estimate of drug-likeness (QED) is 0.0167. The van der Waals surface area contributed by atoms with Gasteiger partial charge in [-0.2, -0.15) is 0 Å². The number of urea groups is 2. The number of methoxy groups -OCH3 is 2. The predicted octanol–water partition coefficient (Wildman–Crippen LogP) is 8.13. The number of aliphatic hydroxyl groups excluding tert-OH is 2. The fourth-order valence-corrected chi connectivity index (χ4v) is 22.4. The number of ether oxygens (including phenoxy) is 5. The molecule has 2 aliphatic carbocycles. The molecule has 1 unspecified atom stereocenters. The number of hydrogen-bond donors (Lipinski definition) is 12. The molecule has 0 radical (unpaired) electrons. The number of hydrogen-bond acceptors (Lipinski definition) is 29. The van der Waals surface area contributed by atoms with Gasteiger partial charge in [-0.1, -0.05) is 90.1 Å². The number of carboxylic acids is 3. The van der Waals surface area contributed by atoms with E-state index in [1.165, 1.54) is 70.2 Å². The van der Waals surface area contributed by atoms with Crippen molar-refractivity contribution in [1.82, 2.24) is 60.6 Å². The zero-order chi connectivity index (χ0) is 107. The second kappa shape index (κ2) is 46.1. The van der Waals surface area contributed by atoms with Crippen molar-refractivity contribution in [3.05, 3.63) is 179 Å². The number of ketones is 2. The number of aliphatic hydroxyl groups is 2. The Morgan fingerprint density at radius 1 is 0.764 bits per heavy atom. The number of alkyl halides is 1. The van der Waals surface area contributed by atoms with Crippen LogP contribution in [0.5, 0.6) is 17.2 Å². The van der Waals surface area contributed by atoms with E-state index in [0.717, 1.165) is 67.0 Å². The number of likely N-dealkylation sites (N-methyl/N-ethyl adjacent to an activating group) is 2. The van der Waals surface area contributed by atoms with Crippen LogP contribution in [0.1, 0.15) is 185 Å². The number of aliphatic carboxylic acids is 1. The first kappa shape index (κ1) is 113. The second-order valence-corrected chi connectivity index (χ2v) is 41.8. The van der Waals surface area contributed by atoms with Gasteiger partial charge in [0.15, 0.2) is 17.4 Å². The van der Waals surface area contributed by atoms with Gasteiger partial charge in [0.2, 0.25) is 28.5 Å². The van der Waals surface area contributed by atoms with Crippen LogP contribution in [0.2, 0.25) is 0 Å². The molecule has 11 heterocycles. The summed E-state index contributed by atoms with van der Waals surface area (Å²) in [5, 5.41) is 79.2. The van der Waals surface area contributed by atoms with Crippen LogP contribution in [0.3, 0.4) is 0 Å². The van der Waals surface area contributed by atoms with Crippen LogP contribution in [0.4, 0.5) is 38.5 Å². The van der Waals surface area contributed by atoms with Gasteiger partial charge in [0, 0.05) is 175 Å². The molecule has 11 aliphatic rings. The average molecular weight is 2090 g/mol. The normalized spacial score (nSPS) is 26.2. The van der Waals surface area contributed by atoms with Crippen molar-refractivity contribution >= 4 is 145 Å². The third-order valence-corrected chi connectivity index (χ3v) is 30.6. The number of amides is 7. The minimum atomic E-state index is -1.97. The molecule has 1 spiro atoms. The van der Waals surface area contributed by atoms with Crippen molar-refractivity contribution in [2.45, 2.75) is 204 Å². The van der Waals surface area contributed by atoms with Crippen LogP contribution in [0.15, 0.2) is 117 Å². The summed E-state index contributed by atoms with van der Waals surface area (Å²) in [5.41, 5.74) is -2.14. The zero-order valence-corrected chi connectivity index (χ0v) is 85.5. The van der Waals surface area contributed by atoms with Crippen LogP contribution >= 0.6 is 11.8 Å². The van der Waals surface area contributed by atoms with Crippen molar-refractivity contribution in [3.8, 4) is 17.2 Å². The Morgan fingerprint density at radius 3 is 1.99 bits per heavy atom. The number of allylic oxidation sites excluding steroid dienone is 4. The number of phenolic OH excluding ortho intramolecular Hbond substituents is 1. The number of aromatic carboxylic acids is 2. The van der Waals surface area contributed by atoms with E-state index in [-0.39, 0.29) is 128 Å². The molecule has 9 aliphatic heterocycles. The first-order valence-electron chi connectivity index (χ1n) is 49.0. The molecule has 794 valence electrons. The number of fused-ring (bicyclic) bond motifs is 6. The number of benzene rings is 4. The van der Waals surface area contributed by atoms with E-state index in [4.69, 9.17) is 33.8 Å². The molecule has 39 nitrogen and oxygen atoms in total. The molecule has 4 aromatic carbocycles. The number of anilines is 2. The van der Waals surface area contributed by atoms with Crippen LogP contribution in [0, 0.1) is 54.0 Å². The van der Waals surface area contributed by atoms with Gasteiger partial charge < -0.3 is 120 Å². The number of phenols is 1. The number of esters is 1. The molecule has 14 atom stereocenters. The molecule has 5 bridgehead atoms. The topological polar surface area (TPSA) is 503 Å². The van der Waals surface area contributed by atoms with Crippen molar-refractivity contribution in [1.29, 1.82) is 0 Å². The third-order valence-electron chi connectivity index (χ3n) is 29.0. The molecular weight excluding hydrogens is 1960 g/mol. The van der Waals surface area contributed by atoms with E-state index < -0.39 is 205 Å². The predicted molar refractivity (Wildman–Crippen MR) is 542 cm³/mol. The van der Waals surface area contributed by atoms with Gasteiger partial charge in [-0.05, 0) is 97.2 Å². The third kappa shape index (κ3) is 22.6. The maximum absolute atomic E-state index is 15.2. The Bertz CT molecular complexity index is 6520. The van der Waals surface area contributed by atoms with Crippen molar-refractivity contribution in [2.75, 3.05) is 117 Å². The van der Waals surface area contributed by atoms with Gasteiger partial charge in [0.25, 0.3) is 11.7 Å². The number of carbonyl (C=O) groups is 11. The number of aromatic nitrogens is 2. The number of carbonyl (C=O) groups excluding carboxylic acids is 8. The summed E-state index contributed by atoms with van der Waals surface area (Å²) in [4.78, 5) is 181. The molecule has 45 heteroatoms. The summed E-state index contributed by atoms with van der Waals surface area (Å²) >= 11 is 1.31. The number of likely N-dealkylation sites (tertiary alicyclic amines) is 1. The van der Waals surface area contributed by atoms with Gasteiger partial charge in [-0.25, -0.2) is 46.4 Å². The number of Topliss-reactive ketones (excluding diaryl/α,β-unsaturated/α-hetero) is 2. The molecule has 6 saturated heterocycles. The summed E-state index contributed by atoms with van der Waals surface area (Å²) in [7, 11) is 6.72. The molecular formula is C103H128F4N15NaO24S. The van der Waals surface area contributed by atoms with Crippen molar-refractivity contribution in [3.63, 3.8) is 0 Å². The summed E-state index contributed by atoms with van der Waals surface area (Å²) in [5.74, 6) is -14.0. The van der Waals surface area contributed by atoms with Gasteiger partial charge in [-0.3, -0.25) is 43.3 Å². The number of piperidine rings is 2. The van der Waals surface area contributed by atoms with E-state index in [9.17, 15) is 96.6 Å². The minimum absolute atomic E-state index is 0. The summed E-state index contributed by atoms with van der Waals surface area (Å²) in [6.45, 7) is 25.6. The molecule has 12 N–H and O–H groups in total. The molecule has 17 rings (SSSR count). The van der Waals surface area contributed by atoms with Gasteiger partial charge in [0.05, 0.1) is 82.6 Å². The molecule has 6 aromatic rings. The van der Waals surface area contributed by atoms with Gasteiger partial charge in [0.1, 0.15) is 87.5 Å². The molecule has 148 heavy (non-hydrogen) atoms. The second-order valence-electron chi connectivity index (χ2n) is 40.1. The Morgan fingerprint density at radius 2 is 1.41 bits per heavy atom. The Hall–Kier alpha value is -12.3. The first-order chi connectivity index (χ1) is 69.6. The number of β-lactam (4-membered cyclic amide) rings is 1. The van der Waals surface area contributed by atoms with E-state index >= 15 is 8.78 Å². The Balaban J connectivity index is 0.000000177. The number of thioether (sulfide) groups is 1. The number of carboxylic acid groups (broad SMARTS) is 3. The summed E-state index contributed by atoms with van der Waals surface area (Å²) < 4.78 is 89.6. The Kier molecular flexibility index (Phi) is 35.1. The average Bonchev–Trinajstić information content (AvgIpc) is 1.53. The van der Waals surface area contributed by atoms with E-state index in [1.807, 2.05) is 23.9 Å². The molecule has 7 fully saturated rings. The number of nitrogens with zero attached hydrogens (tertiary/aromatic N) is 9. The van der Waals surface area contributed by atoms with Crippen LogP contribution in [-0.2, 0) is 44.7 Å². The van der Waals surface area contributed by atoms with Crippen LogP contribution in [-0.4, -0.2) is 331 Å². The number of aryl methyl sites for hydroxylation is 1. The fraction of sp³-hybridized carbons (Fsp3) is 0.515. The summed E-state index contributed by atoms with van der Waals surface area (Å²) in [6.07, 6.45) is 11.0. The number of aliphatic imine (C=N–C) groups is 1. The standard InChI is InChI=1S/C46H62N4O11.C20H24FN3O4.C20H23N5O6S.C17H18F3N3O3.Na.H/c1-22(2)21-50-18-16-46(17-19-50)48-34-31-32-39(54)28(8)42-33(31)43(56)45(10,61-42)59-20-15-30(58-11)25(5)41(60-29(9)51)27(7)38(53)26(6)37(52)23(3)13-12-14-24(4)44(57)47-36(40(32)55)35(34)49-46;1-22-11-4-3-7-23(9-11)17-15(21)8-13-16(19(17)28-2)24(12-5-6-12)10-14(18(13)25)20(26)27;1-20(2)13(17(28)29)25-15(27)12(16(25)32-20)22-14(26)11(10-6-4-3-5-7-10)23-19(31)24-9-8-21-18(24)30;1-21-4-6-22(7-5-21)15-12(19)8-10-14(13(15)20)23(3-2-18)9-11(16(10)24)17(25)26;;/h12-15,20,22-23,25-27,30,37-38,41,49,52-54H,16-19,21H2,1-11H3,(H,47,57);8,10-12,22H,3-7,9H2,1-2H3,(H,26,27);3-7,11-13,16H,8-9H2,1-2H3,(H,21,30)(H,22,26)(H,23,31)(H,28,29);8-9H,2-7H2,1H3,(H,25,26);;/b13-12+,20-15+,24-14-;;;;;/t23-,25+,26+,27+,30-,37-,38+,41+,45-;;11-,12+,13-,16+;;;/m0.0.../s1. The number of imide groups is 1. The number of rotatable bonds is 18. The fourth-order valence-electron chi connectivity index (χ4n) is 20.8. The Labute approximate surface area is 877 Å². The van der Waals surface area contributed by atoms with E-state index in [0.29, 0.717) is 87.1 Å². The number of piperazine rings is 1. The number of halogens is 4. The number of aromatic hydroxyl groups is 1. The van der Waals surface area contributed by atoms with Gasteiger partial charge in [-0.15, -0.1) is 11.8 Å².